The maximum atomic E-state index is 12.4. The van der Waals surface area contributed by atoms with Crippen molar-refractivity contribution in [2.45, 2.75) is 38.5 Å². The molecule has 5 nitrogen and oxygen atoms in total. The summed E-state index contributed by atoms with van der Waals surface area (Å²) in [6.07, 6.45) is 11.7. The van der Waals surface area contributed by atoms with E-state index in [1.165, 1.54) is 0 Å². The smallest absolute Gasteiger partial charge is 0.264 e. The summed E-state index contributed by atoms with van der Waals surface area (Å²) in [7, 11) is -3.46. The minimum Gasteiger partial charge on any atom is -0.303 e. The van der Waals surface area contributed by atoms with Gasteiger partial charge in [0.25, 0.3) is 10.1 Å². The predicted octanol–water partition coefficient (Wildman–Crippen LogP) is 2.18. The van der Waals surface area contributed by atoms with Gasteiger partial charge in [-0.2, -0.15) is 8.42 Å². The average Bonchev–Trinajstić information content (AvgIpc) is 2.73. The van der Waals surface area contributed by atoms with Gasteiger partial charge in [0.2, 0.25) is 0 Å². The summed E-state index contributed by atoms with van der Waals surface area (Å²) in [5.41, 5.74) is 0.383. The van der Waals surface area contributed by atoms with Gasteiger partial charge >= 0.3 is 0 Å². The highest BCUT2D eigenvalue weighted by Gasteiger charge is 2.49. The summed E-state index contributed by atoms with van der Waals surface area (Å²) >= 11 is 0. The summed E-state index contributed by atoms with van der Waals surface area (Å²) in [5.74, 6) is 0.369. The molecule has 0 aromatic carbocycles. The van der Waals surface area contributed by atoms with Crippen molar-refractivity contribution in [3.63, 3.8) is 0 Å². The number of hydrogen-bond acceptors (Lipinski definition) is 5. The molecule has 0 bridgehead atoms. The zero-order valence-electron chi connectivity index (χ0n) is 12.8. The first-order valence-electron chi connectivity index (χ1n) is 7.58. The van der Waals surface area contributed by atoms with E-state index in [0.29, 0.717) is 25.7 Å². The molecule has 0 amide bonds. The van der Waals surface area contributed by atoms with Crippen molar-refractivity contribution in [2.75, 3.05) is 12.9 Å². The van der Waals surface area contributed by atoms with Crippen molar-refractivity contribution in [1.82, 2.24) is 0 Å². The second kappa shape index (κ2) is 6.87. The van der Waals surface area contributed by atoms with E-state index in [0.717, 1.165) is 31.0 Å². The van der Waals surface area contributed by atoms with E-state index in [1.807, 2.05) is 0 Å². The van der Waals surface area contributed by atoms with Gasteiger partial charge in [0.1, 0.15) is 6.29 Å². The molecule has 0 aliphatic heterocycles. The molecule has 0 heterocycles. The minimum absolute atomic E-state index is 0.0355. The van der Waals surface area contributed by atoms with Crippen molar-refractivity contribution >= 4 is 22.2 Å². The third kappa shape index (κ3) is 3.73. The predicted molar refractivity (Wildman–Crippen MR) is 82.7 cm³/mol. The Morgan fingerprint density at radius 1 is 1.41 bits per heavy atom. The van der Waals surface area contributed by atoms with Crippen LogP contribution in [0.25, 0.3) is 0 Å². The minimum atomic E-state index is -3.46. The van der Waals surface area contributed by atoms with E-state index >= 15 is 0 Å². The van der Waals surface area contributed by atoms with Crippen molar-refractivity contribution < 1.29 is 22.2 Å². The van der Waals surface area contributed by atoms with Crippen molar-refractivity contribution in [3.05, 3.63) is 23.8 Å². The lowest BCUT2D eigenvalue weighted by Gasteiger charge is -2.35. The Kier molecular flexibility index (Phi) is 5.34. The first-order chi connectivity index (χ1) is 10.4. The Morgan fingerprint density at radius 2 is 2.18 bits per heavy atom. The quantitative estimate of drug-likeness (QED) is 0.236. The summed E-state index contributed by atoms with van der Waals surface area (Å²) in [4.78, 5) is 23.1. The monoisotopic (exact) mass is 326 g/mol. The number of allylic oxidation sites excluding steroid dienone is 3. The Hall–Kier alpha value is -1.27. The fourth-order valence-corrected chi connectivity index (χ4v) is 4.00. The molecular formula is C16H22O5S. The standard InChI is InChI=1S/C16H22O5S/c1-22(19,20)21-11-4-7-14-15(18)12-13-6-2-3-8-16(13,14)9-5-10-17/h3,7-8,10,13H,2,4-6,9,11-12H2,1H3/b14-7-/t13-,16+/m0/s1. The number of hydrogen-bond donors (Lipinski definition) is 0. The molecule has 2 rings (SSSR count). The number of carbonyl (C=O) groups is 2. The molecule has 0 aromatic rings. The SMILES string of the molecule is CS(=O)(=O)OCC/C=C1/C(=O)C[C@@H]2CCC=C[C@]12CCC=O. The Morgan fingerprint density at radius 3 is 2.86 bits per heavy atom. The van der Waals surface area contributed by atoms with E-state index in [-0.39, 0.29) is 23.7 Å². The molecule has 0 saturated heterocycles. The number of carbonyl (C=O) groups excluding carboxylic acids is 2. The van der Waals surface area contributed by atoms with Gasteiger partial charge in [-0.3, -0.25) is 8.98 Å². The van der Waals surface area contributed by atoms with Crippen LogP contribution in [0, 0.1) is 11.3 Å². The van der Waals surface area contributed by atoms with Gasteiger partial charge < -0.3 is 4.79 Å². The van der Waals surface area contributed by atoms with E-state index < -0.39 is 10.1 Å². The Bertz CT molecular complexity index is 602. The molecule has 1 fully saturated rings. The Labute approximate surface area is 131 Å². The average molecular weight is 326 g/mol. The van der Waals surface area contributed by atoms with Crippen LogP contribution in [0.1, 0.15) is 38.5 Å². The van der Waals surface area contributed by atoms with Gasteiger partial charge in [-0.25, -0.2) is 0 Å². The Balaban J connectivity index is 2.18. The third-order valence-electron chi connectivity index (χ3n) is 4.50. The maximum absolute atomic E-state index is 12.4. The van der Waals surface area contributed by atoms with Crippen LogP contribution in [0.2, 0.25) is 0 Å². The van der Waals surface area contributed by atoms with Crippen LogP contribution in [0.15, 0.2) is 23.8 Å². The van der Waals surface area contributed by atoms with Gasteiger partial charge in [-0.1, -0.05) is 18.2 Å². The lowest BCUT2D eigenvalue weighted by Crippen LogP contribution is -2.28. The van der Waals surface area contributed by atoms with Gasteiger partial charge in [-0.05, 0) is 31.6 Å². The van der Waals surface area contributed by atoms with Crippen LogP contribution in [-0.4, -0.2) is 33.3 Å². The van der Waals surface area contributed by atoms with Crippen molar-refractivity contribution in [2.24, 2.45) is 11.3 Å². The fourth-order valence-electron chi connectivity index (χ4n) is 3.60. The van der Waals surface area contributed by atoms with E-state index in [2.05, 4.69) is 12.2 Å². The summed E-state index contributed by atoms with van der Waals surface area (Å²) in [6, 6.07) is 0. The van der Waals surface area contributed by atoms with Crippen molar-refractivity contribution in [1.29, 1.82) is 0 Å². The number of Topliss-reactive ketones (excluding diaryl/α,β-unsaturated/α-hetero) is 1. The fraction of sp³-hybridized carbons (Fsp3) is 0.625. The van der Waals surface area contributed by atoms with Gasteiger partial charge in [-0.15, -0.1) is 0 Å². The topological polar surface area (TPSA) is 77.5 Å². The highest BCUT2D eigenvalue weighted by Crippen LogP contribution is 2.53. The van der Waals surface area contributed by atoms with Crippen LogP contribution in [0.5, 0.6) is 0 Å². The molecule has 0 spiro atoms. The number of ketones is 1. The van der Waals surface area contributed by atoms with Crippen LogP contribution in [0.3, 0.4) is 0 Å². The van der Waals surface area contributed by atoms with E-state index in [1.54, 1.807) is 6.08 Å². The van der Waals surface area contributed by atoms with Crippen LogP contribution in [0.4, 0.5) is 0 Å². The highest BCUT2D eigenvalue weighted by atomic mass is 32.2. The van der Waals surface area contributed by atoms with Gasteiger partial charge in [0.05, 0.1) is 12.9 Å². The second-order valence-electron chi connectivity index (χ2n) is 5.98. The molecule has 0 aromatic heterocycles. The van der Waals surface area contributed by atoms with Gasteiger partial charge in [0, 0.05) is 23.8 Å². The molecule has 1 saturated carbocycles. The summed E-state index contributed by atoms with van der Waals surface area (Å²) in [5, 5.41) is 0. The number of fused-ring (bicyclic) bond motifs is 1. The molecule has 22 heavy (non-hydrogen) atoms. The molecule has 0 N–H and O–H groups in total. The van der Waals surface area contributed by atoms with Crippen molar-refractivity contribution in [3.8, 4) is 0 Å². The molecule has 6 heteroatoms. The molecule has 0 radical (unpaired) electrons. The van der Waals surface area contributed by atoms with Gasteiger partial charge in [0.15, 0.2) is 5.78 Å². The third-order valence-corrected chi connectivity index (χ3v) is 5.09. The first-order valence-corrected chi connectivity index (χ1v) is 9.40. The first kappa shape index (κ1) is 17.1. The normalized spacial score (nSPS) is 29.8. The molecular weight excluding hydrogens is 304 g/mol. The maximum Gasteiger partial charge on any atom is 0.264 e. The number of rotatable bonds is 7. The molecule has 2 atom stereocenters. The van der Waals surface area contributed by atoms with Crippen LogP contribution < -0.4 is 0 Å². The lowest BCUT2D eigenvalue weighted by atomic mass is 9.67. The summed E-state index contributed by atoms with van der Waals surface area (Å²) in [6.45, 7) is 0.0355. The second-order valence-corrected chi connectivity index (χ2v) is 7.63. The molecule has 122 valence electrons. The molecule has 2 aliphatic carbocycles. The highest BCUT2D eigenvalue weighted by molar-refractivity contribution is 7.85. The molecule has 2 aliphatic rings. The lowest BCUT2D eigenvalue weighted by molar-refractivity contribution is -0.115. The van der Waals surface area contributed by atoms with E-state index in [4.69, 9.17) is 4.18 Å². The van der Waals surface area contributed by atoms with Crippen LogP contribution >= 0.6 is 0 Å². The summed E-state index contributed by atoms with van der Waals surface area (Å²) < 4.78 is 26.6. The zero-order valence-corrected chi connectivity index (χ0v) is 13.6. The van der Waals surface area contributed by atoms with E-state index in [9.17, 15) is 18.0 Å². The molecule has 0 unspecified atom stereocenters. The zero-order chi connectivity index (χ0) is 16.2. The largest absolute Gasteiger partial charge is 0.303 e. The number of aldehydes is 1. The van der Waals surface area contributed by atoms with Crippen LogP contribution in [-0.2, 0) is 23.9 Å².